The highest BCUT2D eigenvalue weighted by Crippen LogP contribution is 2.47. The zero-order valence-corrected chi connectivity index (χ0v) is 16.5. The summed E-state index contributed by atoms with van der Waals surface area (Å²) < 4.78 is 0.318. The molecule has 0 saturated carbocycles. The van der Waals surface area contributed by atoms with Crippen LogP contribution in [0.2, 0.25) is 0 Å². The van der Waals surface area contributed by atoms with E-state index in [2.05, 4.69) is 22.0 Å². The molecule has 6 heteroatoms. The summed E-state index contributed by atoms with van der Waals surface area (Å²) in [4.78, 5) is 18.4. The van der Waals surface area contributed by atoms with Crippen molar-refractivity contribution < 1.29 is 4.79 Å². The number of carbonyl (C=O) groups is 1. The Balaban J connectivity index is 1.30. The molecular formula is C19H27N3OS2. The van der Waals surface area contributed by atoms with Gasteiger partial charge in [0, 0.05) is 29.8 Å². The van der Waals surface area contributed by atoms with E-state index in [0.717, 1.165) is 29.7 Å². The third-order valence-corrected chi connectivity index (χ3v) is 8.07. The van der Waals surface area contributed by atoms with Gasteiger partial charge in [0.25, 0.3) is 0 Å². The average molecular weight is 378 g/mol. The Kier molecular flexibility index (Phi) is 5.20. The molecule has 2 amide bonds. The molecule has 1 N–H and O–H groups in total. The van der Waals surface area contributed by atoms with Gasteiger partial charge in [0.05, 0.1) is 10.4 Å². The van der Waals surface area contributed by atoms with E-state index in [0.29, 0.717) is 4.75 Å². The number of nitrogens with zero attached hydrogens (tertiary/aromatic N) is 2. The van der Waals surface area contributed by atoms with Gasteiger partial charge < -0.3 is 10.2 Å². The molecule has 1 aromatic carbocycles. The van der Waals surface area contributed by atoms with Crippen molar-refractivity contribution in [1.29, 1.82) is 0 Å². The molecule has 25 heavy (non-hydrogen) atoms. The van der Waals surface area contributed by atoms with Crippen LogP contribution in [0.15, 0.2) is 29.2 Å². The van der Waals surface area contributed by atoms with Crippen molar-refractivity contribution >= 4 is 35.2 Å². The fourth-order valence-electron chi connectivity index (χ4n) is 4.29. The lowest BCUT2D eigenvalue weighted by molar-refractivity contribution is 0.116. The van der Waals surface area contributed by atoms with Crippen molar-refractivity contribution in [3.8, 4) is 0 Å². The Hall–Kier alpha value is -0.850. The number of carbonyl (C=O) groups excluding carboxylic acids is 1. The third-order valence-electron chi connectivity index (χ3n) is 5.69. The summed E-state index contributed by atoms with van der Waals surface area (Å²) in [5.74, 6) is 1.24. The lowest BCUT2D eigenvalue weighted by Gasteiger charge is -2.47. The molecule has 4 rings (SSSR count). The van der Waals surface area contributed by atoms with E-state index >= 15 is 0 Å². The quantitative estimate of drug-likeness (QED) is 0.808. The first kappa shape index (κ1) is 17.6. The van der Waals surface area contributed by atoms with E-state index < -0.39 is 0 Å². The first-order chi connectivity index (χ1) is 12.2. The van der Waals surface area contributed by atoms with Crippen molar-refractivity contribution in [2.45, 2.75) is 41.4 Å². The van der Waals surface area contributed by atoms with E-state index in [9.17, 15) is 4.79 Å². The predicted molar refractivity (Wildman–Crippen MR) is 108 cm³/mol. The van der Waals surface area contributed by atoms with Crippen LogP contribution in [0.25, 0.3) is 0 Å². The number of hydrogen-bond donors (Lipinski definition) is 1. The minimum Gasteiger partial charge on any atom is -0.322 e. The van der Waals surface area contributed by atoms with Crippen molar-refractivity contribution in [3.05, 3.63) is 24.3 Å². The van der Waals surface area contributed by atoms with Crippen molar-refractivity contribution in [3.63, 3.8) is 0 Å². The van der Waals surface area contributed by atoms with Crippen LogP contribution in [0, 0.1) is 0 Å². The summed E-state index contributed by atoms with van der Waals surface area (Å²) in [6.07, 6.45) is 7.41. The second kappa shape index (κ2) is 7.41. The lowest BCUT2D eigenvalue weighted by Crippen LogP contribution is -2.62. The molecule has 136 valence electrons. The standard InChI is InChI=1S/C19H27N3OS2/c1-24-17-8-4-3-7-16(17)20-18(23)22-13-19(14-22)11-15(12-25-19)21-9-5-2-6-10-21/h3-4,7-8,15H,2,5-6,9-14H2,1H3,(H,20,23). The molecule has 1 aromatic rings. The van der Waals surface area contributed by atoms with Gasteiger partial charge in [-0.25, -0.2) is 4.79 Å². The van der Waals surface area contributed by atoms with Crippen LogP contribution < -0.4 is 5.32 Å². The van der Waals surface area contributed by atoms with Crippen molar-refractivity contribution in [2.24, 2.45) is 0 Å². The normalized spacial score (nSPS) is 25.8. The van der Waals surface area contributed by atoms with Crippen LogP contribution in [0.4, 0.5) is 10.5 Å². The number of rotatable bonds is 3. The van der Waals surface area contributed by atoms with E-state index in [-0.39, 0.29) is 6.03 Å². The molecule has 3 heterocycles. The molecule has 3 aliphatic heterocycles. The summed E-state index contributed by atoms with van der Waals surface area (Å²) in [5.41, 5.74) is 0.922. The summed E-state index contributed by atoms with van der Waals surface area (Å²) in [5, 5.41) is 3.09. The molecule has 4 nitrogen and oxygen atoms in total. The van der Waals surface area contributed by atoms with Crippen LogP contribution in [-0.4, -0.2) is 64.8 Å². The van der Waals surface area contributed by atoms with Gasteiger partial charge in [0.2, 0.25) is 0 Å². The molecule has 0 bridgehead atoms. The summed E-state index contributed by atoms with van der Waals surface area (Å²) in [7, 11) is 0. The van der Waals surface area contributed by atoms with Crippen LogP contribution >= 0.6 is 23.5 Å². The fourth-order valence-corrected chi connectivity index (χ4v) is 6.53. The average Bonchev–Trinajstić information content (AvgIpc) is 3.07. The molecule has 0 aromatic heterocycles. The maximum atomic E-state index is 12.6. The summed E-state index contributed by atoms with van der Waals surface area (Å²) >= 11 is 3.77. The fraction of sp³-hybridized carbons (Fsp3) is 0.632. The highest BCUT2D eigenvalue weighted by Gasteiger charge is 2.51. The Morgan fingerprint density at radius 3 is 2.76 bits per heavy atom. The Labute approximate surface area is 159 Å². The van der Waals surface area contributed by atoms with Crippen LogP contribution in [0.3, 0.4) is 0 Å². The lowest BCUT2D eigenvalue weighted by atomic mass is 9.91. The monoisotopic (exact) mass is 377 g/mol. The molecule has 3 fully saturated rings. The van der Waals surface area contributed by atoms with Gasteiger partial charge in [0.15, 0.2) is 0 Å². The van der Waals surface area contributed by atoms with Gasteiger partial charge in [0.1, 0.15) is 0 Å². The number of hydrogen-bond acceptors (Lipinski definition) is 4. The highest BCUT2D eigenvalue weighted by atomic mass is 32.2. The van der Waals surface area contributed by atoms with Crippen LogP contribution in [0.5, 0.6) is 0 Å². The second-order valence-corrected chi connectivity index (χ2v) is 9.77. The number of nitrogens with one attached hydrogen (secondary N) is 1. The first-order valence-electron chi connectivity index (χ1n) is 9.26. The zero-order valence-electron chi connectivity index (χ0n) is 14.9. The van der Waals surface area contributed by atoms with E-state index in [1.165, 1.54) is 44.5 Å². The number of thioether (sulfide) groups is 2. The Morgan fingerprint density at radius 1 is 1.24 bits per heavy atom. The molecular weight excluding hydrogens is 350 g/mol. The van der Waals surface area contributed by atoms with Crippen molar-refractivity contribution in [1.82, 2.24) is 9.80 Å². The van der Waals surface area contributed by atoms with Crippen LogP contribution in [-0.2, 0) is 0 Å². The van der Waals surface area contributed by atoms with Gasteiger partial charge in [-0.1, -0.05) is 18.6 Å². The largest absolute Gasteiger partial charge is 0.322 e. The number of para-hydroxylation sites is 1. The minimum atomic E-state index is 0.0501. The number of amides is 2. The second-order valence-electron chi connectivity index (χ2n) is 7.44. The summed E-state index contributed by atoms with van der Waals surface area (Å²) in [6, 6.07) is 8.80. The number of benzene rings is 1. The number of likely N-dealkylation sites (tertiary alicyclic amines) is 2. The smallest absolute Gasteiger partial charge is 0.321 e. The van der Waals surface area contributed by atoms with Gasteiger partial charge in [-0.3, -0.25) is 4.90 Å². The molecule has 0 radical (unpaired) electrons. The van der Waals surface area contributed by atoms with Gasteiger partial charge in [-0.15, -0.1) is 23.5 Å². The van der Waals surface area contributed by atoms with Crippen LogP contribution in [0.1, 0.15) is 25.7 Å². The third kappa shape index (κ3) is 3.67. The van der Waals surface area contributed by atoms with E-state index in [1.54, 1.807) is 11.8 Å². The molecule has 3 saturated heterocycles. The first-order valence-corrected chi connectivity index (χ1v) is 11.5. The predicted octanol–water partition coefficient (Wildman–Crippen LogP) is 3.99. The van der Waals surface area contributed by atoms with E-state index in [1.807, 2.05) is 35.4 Å². The van der Waals surface area contributed by atoms with Gasteiger partial charge >= 0.3 is 6.03 Å². The molecule has 3 aliphatic rings. The molecule has 1 atom stereocenters. The van der Waals surface area contributed by atoms with Crippen molar-refractivity contribution in [2.75, 3.05) is 43.5 Å². The van der Waals surface area contributed by atoms with E-state index in [4.69, 9.17) is 0 Å². The number of anilines is 1. The molecule has 1 spiro atoms. The Morgan fingerprint density at radius 2 is 2.00 bits per heavy atom. The molecule has 0 aliphatic carbocycles. The molecule has 1 unspecified atom stereocenters. The van der Waals surface area contributed by atoms with Gasteiger partial charge in [-0.2, -0.15) is 0 Å². The topological polar surface area (TPSA) is 35.6 Å². The van der Waals surface area contributed by atoms with Gasteiger partial charge in [-0.05, 0) is 50.7 Å². The maximum Gasteiger partial charge on any atom is 0.321 e. The maximum absolute atomic E-state index is 12.6. The zero-order chi connectivity index (χ0) is 17.3. The minimum absolute atomic E-state index is 0.0501. The number of piperidine rings is 1. The SMILES string of the molecule is CSc1ccccc1NC(=O)N1CC2(CC(N3CCCCC3)CS2)C1. The number of urea groups is 1. The Bertz CT molecular complexity index is 627. The summed E-state index contributed by atoms with van der Waals surface area (Å²) in [6.45, 7) is 4.35. The highest BCUT2D eigenvalue weighted by molar-refractivity contribution is 8.01.